The summed E-state index contributed by atoms with van der Waals surface area (Å²) in [6.07, 6.45) is 2.35. The lowest BCUT2D eigenvalue weighted by Gasteiger charge is -2.35. The highest BCUT2D eigenvalue weighted by Crippen LogP contribution is 2.29. The molecule has 0 radical (unpaired) electrons. The second-order valence-corrected chi connectivity index (χ2v) is 7.62. The number of amides is 2. The minimum Gasteiger partial charge on any atom is -0.451 e. The van der Waals surface area contributed by atoms with E-state index in [2.05, 4.69) is 24.5 Å². The Morgan fingerprint density at radius 3 is 2.76 bits per heavy atom. The van der Waals surface area contributed by atoms with E-state index >= 15 is 0 Å². The van der Waals surface area contributed by atoms with Gasteiger partial charge < -0.3 is 15.4 Å². The summed E-state index contributed by atoms with van der Waals surface area (Å²) < 4.78 is 5.12. The molecule has 2 rings (SSSR count). The third kappa shape index (κ3) is 5.56. The third-order valence-corrected chi connectivity index (χ3v) is 5.72. The Balaban J connectivity index is 1.74. The van der Waals surface area contributed by atoms with Gasteiger partial charge in [-0.3, -0.25) is 14.4 Å². The molecule has 0 spiro atoms. The molecule has 4 atom stereocenters. The van der Waals surface area contributed by atoms with Crippen LogP contribution in [0.3, 0.4) is 0 Å². The number of carbonyl (C=O) groups excluding carboxylic acids is 3. The zero-order chi connectivity index (χ0) is 18.4. The van der Waals surface area contributed by atoms with Crippen molar-refractivity contribution in [2.75, 3.05) is 6.54 Å². The molecule has 0 bridgehead atoms. The molecule has 7 heteroatoms. The molecule has 2 N–H and O–H groups in total. The van der Waals surface area contributed by atoms with Crippen molar-refractivity contribution in [2.24, 2.45) is 11.8 Å². The van der Waals surface area contributed by atoms with E-state index in [1.807, 2.05) is 0 Å². The standard InChI is InChI=1S/C18H26N2O4S/c1-11-6-4-7-14(12(11)2)20-17(22)13(3)24-16(21)10-19-18(23)15-8-5-9-25-15/h5,8-9,11-14H,4,6-7,10H2,1-3H3,(H,19,23)(H,20,22)/t11-,12+,13+,14+/m0/s1. The summed E-state index contributed by atoms with van der Waals surface area (Å²) in [7, 11) is 0. The Kier molecular flexibility index (Phi) is 6.99. The van der Waals surface area contributed by atoms with Gasteiger partial charge in [-0.25, -0.2) is 0 Å². The van der Waals surface area contributed by atoms with E-state index in [0.717, 1.165) is 12.8 Å². The van der Waals surface area contributed by atoms with Crippen molar-refractivity contribution in [3.8, 4) is 0 Å². The van der Waals surface area contributed by atoms with Gasteiger partial charge in [0, 0.05) is 6.04 Å². The Labute approximate surface area is 152 Å². The number of carbonyl (C=O) groups is 3. The summed E-state index contributed by atoms with van der Waals surface area (Å²) in [5.74, 6) is -0.259. The predicted octanol–water partition coefficient (Wildman–Crippen LogP) is 2.35. The largest absolute Gasteiger partial charge is 0.451 e. The van der Waals surface area contributed by atoms with Gasteiger partial charge in [0.25, 0.3) is 11.8 Å². The van der Waals surface area contributed by atoms with Crippen LogP contribution in [0.5, 0.6) is 0 Å². The molecular weight excluding hydrogens is 340 g/mol. The molecule has 1 aliphatic carbocycles. The summed E-state index contributed by atoms with van der Waals surface area (Å²) in [4.78, 5) is 36.4. The maximum Gasteiger partial charge on any atom is 0.326 e. The summed E-state index contributed by atoms with van der Waals surface area (Å²) in [6, 6.07) is 3.56. The monoisotopic (exact) mass is 366 g/mol. The molecule has 1 aromatic rings. The zero-order valence-corrected chi connectivity index (χ0v) is 15.7. The Morgan fingerprint density at radius 2 is 2.08 bits per heavy atom. The number of hydrogen-bond acceptors (Lipinski definition) is 5. The average molecular weight is 366 g/mol. The summed E-state index contributed by atoms with van der Waals surface area (Å²) >= 11 is 1.29. The van der Waals surface area contributed by atoms with Crippen LogP contribution >= 0.6 is 11.3 Å². The number of nitrogens with one attached hydrogen (secondary N) is 2. The smallest absolute Gasteiger partial charge is 0.326 e. The van der Waals surface area contributed by atoms with Crippen molar-refractivity contribution in [3.63, 3.8) is 0 Å². The van der Waals surface area contributed by atoms with Gasteiger partial charge >= 0.3 is 5.97 Å². The first-order valence-corrected chi connectivity index (χ1v) is 9.58. The van der Waals surface area contributed by atoms with Crippen molar-refractivity contribution in [1.29, 1.82) is 0 Å². The van der Waals surface area contributed by atoms with Gasteiger partial charge in [0.15, 0.2) is 6.10 Å². The summed E-state index contributed by atoms with van der Waals surface area (Å²) in [5, 5.41) is 7.26. The first-order chi connectivity index (χ1) is 11.9. The average Bonchev–Trinajstić information content (AvgIpc) is 3.11. The number of esters is 1. The molecule has 1 fully saturated rings. The van der Waals surface area contributed by atoms with E-state index < -0.39 is 12.1 Å². The molecule has 6 nitrogen and oxygen atoms in total. The Bertz CT molecular complexity index is 602. The van der Waals surface area contributed by atoms with E-state index in [1.165, 1.54) is 17.8 Å². The zero-order valence-electron chi connectivity index (χ0n) is 14.9. The van der Waals surface area contributed by atoms with E-state index in [0.29, 0.717) is 16.7 Å². The number of hydrogen-bond donors (Lipinski definition) is 2. The highest BCUT2D eigenvalue weighted by Gasteiger charge is 2.30. The first-order valence-electron chi connectivity index (χ1n) is 8.70. The van der Waals surface area contributed by atoms with Crippen LogP contribution in [0.15, 0.2) is 17.5 Å². The molecule has 1 aliphatic rings. The van der Waals surface area contributed by atoms with Crippen molar-refractivity contribution >= 4 is 29.1 Å². The van der Waals surface area contributed by atoms with Gasteiger partial charge in [-0.05, 0) is 36.6 Å². The van der Waals surface area contributed by atoms with E-state index in [9.17, 15) is 14.4 Å². The predicted molar refractivity (Wildman–Crippen MR) is 96.3 cm³/mol. The highest BCUT2D eigenvalue weighted by molar-refractivity contribution is 7.12. The van der Waals surface area contributed by atoms with Crippen molar-refractivity contribution in [3.05, 3.63) is 22.4 Å². The first kappa shape index (κ1) is 19.4. The highest BCUT2D eigenvalue weighted by atomic mass is 32.1. The fraction of sp³-hybridized carbons (Fsp3) is 0.611. The van der Waals surface area contributed by atoms with Crippen molar-refractivity contribution in [1.82, 2.24) is 10.6 Å². The molecule has 1 heterocycles. The second kappa shape index (κ2) is 8.99. The van der Waals surface area contributed by atoms with Crippen LogP contribution in [-0.2, 0) is 14.3 Å². The number of thiophene rings is 1. The normalized spacial score (nSPS) is 24.2. The maximum absolute atomic E-state index is 12.2. The second-order valence-electron chi connectivity index (χ2n) is 6.67. The number of rotatable bonds is 6. The lowest BCUT2D eigenvalue weighted by Crippen LogP contribution is -2.48. The van der Waals surface area contributed by atoms with Crippen LogP contribution in [0.2, 0.25) is 0 Å². The van der Waals surface area contributed by atoms with Gasteiger partial charge in [-0.15, -0.1) is 11.3 Å². The minimum absolute atomic E-state index is 0.121. The van der Waals surface area contributed by atoms with Crippen LogP contribution in [0, 0.1) is 11.8 Å². The molecule has 0 aromatic carbocycles. The number of ether oxygens (including phenoxy) is 1. The molecule has 0 aliphatic heterocycles. The van der Waals surface area contributed by atoms with Crippen LogP contribution in [-0.4, -0.2) is 36.5 Å². The quantitative estimate of drug-likeness (QED) is 0.757. The van der Waals surface area contributed by atoms with Crippen LogP contribution in [0.1, 0.15) is 49.7 Å². The summed E-state index contributed by atoms with van der Waals surface area (Å²) in [5.41, 5.74) is 0. The van der Waals surface area contributed by atoms with Gasteiger partial charge in [0.05, 0.1) is 4.88 Å². The molecule has 0 unspecified atom stereocenters. The minimum atomic E-state index is -0.879. The van der Waals surface area contributed by atoms with E-state index in [1.54, 1.807) is 24.4 Å². The van der Waals surface area contributed by atoms with Crippen LogP contribution < -0.4 is 10.6 Å². The maximum atomic E-state index is 12.2. The third-order valence-electron chi connectivity index (χ3n) is 4.85. The Morgan fingerprint density at radius 1 is 1.32 bits per heavy atom. The van der Waals surface area contributed by atoms with Crippen molar-refractivity contribution < 1.29 is 19.1 Å². The Hall–Kier alpha value is -1.89. The van der Waals surface area contributed by atoms with E-state index in [4.69, 9.17) is 4.74 Å². The lowest BCUT2D eigenvalue weighted by molar-refractivity contribution is -0.154. The molecule has 138 valence electrons. The van der Waals surface area contributed by atoms with Gasteiger partial charge in [-0.1, -0.05) is 32.8 Å². The van der Waals surface area contributed by atoms with Crippen molar-refractivity contribution in [2.45, 2.75) is 52.2 Å². The van der Waals surface area contributed by atoms with Crippen LogP contribution in [0.4, 0.5) is 0 Å². The molecule has 1 aromatic heterocycles. The van der Waals surface area contributed by atoms with Gasteiger partial charge in [-0.2, -0.15) is 0 Å². The molecule has 2 amide bonds. The fourth-order valence-electron chi connectivity index (χ4n) is 3.03. The molecule has 1 saturated carbocycles. The molecule has 25 heavy (non-hydrogen) atoms. The molecule has 0 saturated heterocycles. The van der Waals surface area contributed by atoms with Gasteiger partial charge in [0.2, 0.25) is 0 Å². The lowest BCUT2D eigenvalue weighted by atomic mass is 9.78. The van der Waals surface area contributed by atoms with Crippen LogP contribution in [0.25, 0.3) is 0 Å². The topological polar surface area (TPSA) is 84.5 Å². The molecular formula is C18H26N2O4S. The van der Waals surface area contributed by atoms with E-state index in [-0.39, 0.29) is 24.4 Å². The summed E-state index contributed by atoms with van der Waals surface area (Å²) in [6.45, 7) is 5.63. The SMILES string of the molecule is C[C@@H]1[C@@H](C)CCC[C@H]1NC(=O)[C@@H](C)OC(=O)CNC(=O)c1cccs1. The van der Waals surface area contributed by atoms with Gasteiger partial charge in [0.1, 0.15) is 6.54 Å². The fourth-order valence-corrected chi connectivity index (χ4v) is 3.67.